The number of hydrogen-bond donors (Lipinski definition) is 0. The van der Waals surface area contributed by atoms with Gasteiger partial charge in [-0.25, -0.2) is 4.79 Å². The summed E-state index contributed by atoms with van der Waals surface area (Å²) in [5.41, 5.74) is 6.42. The van der Waals surface area contributed by atoms with Gasteiger partial charge in [0, 0.05) is 55.1 Å². The first-order valence-corrected chi connectivity index (χ1v) is 14.5. The maximum absolute atomic E-state index is 12.5. The van der Waals surface area contributed by atoms with E-state index in [1.807, 2.05) is 24.3 Å². The van der Waals surface area contributed by atoms with Gasteiger partial charge in [-0.1, -0.05) is 55.3 Å². The van der Waals surface area contributed by atoms with E-state index in [-0.39, 0.29) is 0 Å². The summed E-state index contributed by atoms with van der Waals surface area (Å²) in [4.78, 5) is 28.6. The lowest BCUT2D eigenvalue weighted by molar-refractivity contribution is 0.0598. The fourth-order valence-corrected chi connectivity index (χ4v) is 5.87. The fraction of sp³-hybridized carbons (Fsp3) is 0.353. The number of piperazine rings is 1. The Morgan fingerprint density at radius 2 is 1.76 bits per heavy atom. The molecule has 0 amide bonds. The molecule has 0 aromatic heterocycles. The predicted molar refractivity (Wildman–Crippen MR) is 164 cm³/mol. The zero-order chi connectivity index (χ0) is 29.0. The Balaban J connectivity index is 1.31. The SMILES string of the molecule is COC(=O)c1ccc(N2CCN(CC3=C(c4ccc(Cl)cc4)CC(C)(C)CC3)CC2)cc1Oc1cccc(C=O)c1. The van der Waals surface area contributed by atoms with Gasteiger partial charge in [0.05, 0.1) is 7.11 Å². The van der Waals surface area contributed by atoms with Crippen LogP contribution < -0.4 is 9.64 Å². The summed E-state index contributed by atoms with van der Waals surface area (Å²) in [6.07, 6.45) is 4.16. The highest BCUT2D eigenvalue weighted by atomic mass is 35.5. The van der Waals surface area contributed by atoms with E-state index < -0.39 is 5.97 Å². The maximum Gasteiger partial charge on any atom is 0.341 e. The second-order valence-corrected chi connectivity index (χ2v) is 12.1. The summed E-state index contributed by atoms with van der Waals surface area (Å²) in [5.74, 6) is 0.424. The third kappa shape index (κ3) is 7.00. The number of carbonyl (C=O) groups excluding carboxylic acids is 2. The molecule has 5 rings (SSSR count). The molecule has 0 radical (unpaired) electrons. The van der Waals surface area contributed by atoms with Gasteiger partial charge in [0.25, 0.3) is 0 Å². The lowest BCUT2D eigenvalue weighted by Gasteiger charge is -2.39. The summed E-state index contributed by atoms with van der Waals surface area (Å²) in [6, 6.07) is 20.8. The molecule has 7 heteroatoms. The lowest BCUT2D eigenvalue weighted by atomic mass is 9.72. The van der Waals surface area contributed by atoms with Crippen LogP contribution in [0.2, 0.25) is 5.02 Å². The van der Waals surface area contributed by atoms with Crippen molar-refractivity contribution in [1.29, 1.82) is 0 Å². The largest absolute Gasteiger partial charge is 0.465 e. The molecule has 214 valence electrons. The van der Waals surface area contributed by atoms with Crippen molar-refractivity contribution < 1.29 is 19.1 Å². The molecule has 0 spiro atoms. The molecule has 2 aliphatic rings. The summed E-state index contributed by atoms with van der Waals surface area (Å²) >= 11 is 6.18. The number of ether oxygens (including phenoxy) is 2. The quantitative estimate of drug-likeness (QED) is 0.205. The van der Waals surface area contributed by atoms with Crippen LogP contribution in [0.25, 0.3) is 5.57 Å². The standard InChI is InChI=1S/C34H37ClN2O4/c1-34(2)14-13-26(31(21-34)25-7-9-27(35)10-8-25)22-36-15-17-37(18-16-36)28-11-12-30(33(39)40-3)32(20-28)41-29-6-4-5-24(19-29)23-38/h4-12,19-20,23H,13-18,21-22H2,1-3H3. The number of esters is 1. The molecule has 0 N–H and O–H groups in total. The number of anilines is 1. The van der Waals surface area contributed by atoms with Gasteiger partial charge in [-0.05, 0) is 72.2 Å². The fourth-order valence-electron chi connectivity index (χ4n) is 5.75. The maximum atomic E-state index is 12.5. The number of carbonyl (C=O) groups is 2. The first-order valence-electron chi connectivity index (χ1n) is 14.1. The number of halogens is 1. The minimum absolute atomic E-state index is 0.294. The first-order chi connectivity index (χ1) is 19.7. The topological polar surface area (TPSA) is 59.1 Å². The van der Waals surface area contributed by atoms with Gasteiger partial charge in [-0.3, -0.25) is 9.69 Å². The molecular weight excluding hydrogens is 536 g/mol. The Kier molecular flexibility index (Phi) is 8.81. The Morgan fingerprint density at radius 1 is 1.00 bits per heavy atom. The monoisotopic (exact) mass is 572 g/mol. The van der Waals surface area contributed by atoms with Crippen LogP contribution in [0.5, 0.6) is 11.5 Å². The van der Waals surface area contributed by atoms with E-state index in [0.717, 1.165) is 62.6 Å². The van der Waals surface area contributed by atoms with E-state index in [9.17, 15) is 9.59 Å². The number of allylic oxidation sites excluding steroid dienone is 1. The lowest BCUT2D eigenvalue weighted by Crippen LogP contribution is -2.47. The van der Waals surface area contributed by atoms with E-state index in [2.05, 4.69) is 35.8 Å². The molecule has 6 nitrogen and oxygen atoms in total. The van der Waals surface area contributed by atoms with Gasteiger partial charge in [0.1, 0.15) is 23.3 Å². The molecule has 0 saturated carbocycles. The van der Waals surface area contributed by atoms with Crippen molar-refractivity contribution in [2.24, 2.45) is 5.41 Å². The third-order valence-corrected chi connectivity index (χ3v) is 8.37. The smallest absolute Gasteiger partial charge is 0.341 e. The number of benzene rings is 3. The second kappa shape index (κ2) is 12.5. The van der Waals surface area contributed by atoms with E-state index >= 15 is 0 Å². The molecular formula is C34H37ClN2O4. The molecule has 0 unspecified atom stereocenters. The second-order valence-electron chi connectivity index (χ2n) is 11.7. The average molecular weight is 573 g/mol. The van der Waals surface area contributed by atoms with Gasteiger partial charge >= 0.3 is 5.97 Å². The highest BCUT2D eigenvalue weighted by Crippen LogP contribution is 2.43. The van der Waals surface area contributed by atoms with Gasteiger partial charge in [-0.15, -0.1) is 0 Å². The summed E-state index contributed by atoms with van der Waals surface area (Å²) in [6.45, 7) is 9.32. The molecule has 0 atom stereocenters. The van der Waals surface area contributed by atoms with Gasteiger partial charge in [0.2, 0.25) is 0 Å². The molecule has 41 heavy (non-hydrogen) atoms. The Morgan fingerprint density at radius 3 is 2.46 bits per heavy atom. The van der Waals surface area contributed by atoms with Crippen LogP contribution in [0.15, 0.2) is 72.3 Å². The molecule has 0 bridgehead atoms. The van der Waals surface area contributed by atoms with Crippen LogP contribution in [0, 0.1) is 5.41 Å². The van der Waals surface area contributed by atoms with E-state index in [0.29, 0.717) is 28.0 Å². The van der Waals surface area contributed by atoms with Crippen LogP contribution in [0.4, 0.5) is 5.69 Å². The van der Waals surface area contributed by atoms with Crippen LogP contribution in [-0.4, -0.2) is 57.0 Å². The van der Waals surface area contributed by atoms with Crippen molar-refractivity contribution in [3.05, 3.63) is 94.0 Å². The summed E-state index contributed by atoms with van der Waals surface area (Å²) in [7, 11) is 1.35. The number of aldehydes is 1. The highest BCUT2D eigenvalue weighted by Gasteiger charge is 2.29. The van der Waals surface area contributed by atoms with E-state index in [4.69, 9.17) is 21.1 Å². The zero-order valence-corrected chi connectivity index (χ0v) is 24.7. The number of nitrogens with zero attached hydrogens (tertiary/aromatic N) is 2. The van der Waals surface area contributed by atoms with E-state index in [1.54, 1.807) is 30.3 Å². The highest BCUT2D eigenvalue weighted by molar-refractivity contribution is 6.30. The van der Waals surface area contributed by atoms with Gasteiger partial charge < -0.3 is 14.4 Å². The number of hydrogen-bond acceptors (Lipinski definition) is 6. The van der Waals surface area contributed by atoms with Crippen LogP contribution >= 0.6 is 11.6 Å². The van der Waals surface area contributed by atoms with Crippen LogP contribution in [0.1, 0.15) is 59.4 Å². The van der Waals surface area contributed by atoms with E-state index in [1.165, 1.54) is 30.2 Å². The number of rotatable bonds is 8. The van der Waals surface area contributed by atoms with Crippen molar-refractivity contribution in [3.8, 4) is 11.5 Å². The Bertz CT molecular complexity index is 1440. The first kappa shape index (κ1) is 28.9. The van der Waals surface area contributed by atoms with Crippen LogP contribution in [-0.2, 0) is 4.74 Å². The zero-order valence-electron chi connectivity index (χ0n) is 24.0. The Labute approximate surface area is 247 Å². The molecule has 3 aromatic rings. The third-order valence-electron chi connectivity index (χ3n) is 8.12. The Hall–Kier alpha value is -3.61. The summed E-state index contributed by atoms with van der Waals surface area (Å²) in [5, 5.41) is 0.768. The minimum atomic E-state index is -0.469. The van der Waals surface area contributed by atoms with Crippen molar-refractivity contribution >= 4 is 35.1 Å². The normalized spacial score (nSPS) is 17.3. The molecule has 1 saturated heterocycles. The van der Waals surface area contributed by atoms with Crippen molar-refractivity contribution in [2.45, 2.75) is 33.1 Å². The minimum Gasteiger partial charge on any atom is -0.465 e. The average Bonchev–Trinajstić information content (AvgIpc) is 2.98. The summed E-state index contributed by atoms with van der Waals surface area (Å²) < 4.78 is 11.1. The molecule has 1 aliphatic carbocycles. The molecule has 1 heterocycles. The van der Waals surface area contributed by atoms with Crippen LogP contribution in [0.3, 0.4) is 0 Å². The number of methoxy groups -OCH3 is 1. The van der Waals surface area contributed by atoms with Gasteiger partial charge in [0.15, 0.2) is 0 Å². The predicted octanol–water partition coefficient (Wildman–Crippen LogP) is 7.52. The van der Waals surface area contributed by atoms with Crippen molar-refractivity contribution in [2.75, 3.05) is 44.7 Å². The van der Waals surface area contributed by atoms with Crippen molar-refractivity contribution in [3.63, 3.8) is 0 Å². The van der Waals surface area contributed by atoms with Crippen molar-refractivity contribution in [1.82, 2.24) is 4.90 Å². The molecule has 3 aromatic carbocycles. The molecule has 1 fully saturated rings. The molecule has 1 aliphatic heterocycles. The van der Waals surface area contributed by atoms with Gasteiger partial charge in [-0.2, -0.15) is 0 Å².